The van der Waals surface area contributed by atoms with Gasteiger partial charge in [-0.15, -0.1) is 0 Å². The molecular weight excluding hydrogens is 652 g/mol. The number of rotatable bonds is 16. The van der Waals surface area contributed by atoms with Crippen LogP contribution >= 0.6 is 0 Å². The van der Waals surface area contributed by atoms with Gasteiger partial charge in [0, 0.05) is 43.0 Å². The highest BCUT2D eigenvalue weighted by Gasteiger charge is 2.47. The Labute approximate surface area is 300 Å². The Kier molecular flexibility index (Phi) is 13.8. The highest BCUT2D eigenvalue weighted by atomic mass is 16.5. The average Bonchev–Trinajstić information content (AvgIpc) is 3.75. The summed E-state index contributed by atoms with van der Waals surface area (Å²) < 4.78 is 5.44. The Morgan fingerprint density at radius 3 is 2.25 bits per heavy atom. The molecule has 4 amide bonds. The summed E-state index contributed by atoms with van der Waals surface area (Å²) in [4.78, 5) is 89.2. The molecular formula is C38H52N6O7. The van der Waals surface area contributed by atoms with Crippen LogP contribution in [0.2, 0.25) is 0 Å². The second-order valence-electron chi connectivity index (χ2n) is 14.4. The summed E-state index contributed by atoms with van der Waals surface area (Å²) >= 11 is 0. The number of carbonyl (C=O) groups is 6. The fourth-order valence-corrected chi connectivity index (χ4v) is 6.77. The van der Waals surface area contributed by atoms with E-state index in [0.29, 0.717) is 19.4 Å². The monoisotopic (exact) mass is 704 g/mol. The summed E-state index contributed by atoms with van der Waals surface area (Å²) in [7, 11) is 0. The fraction of sp³-hybridized carbons (Fsp3) is 0.553. The molecule has 4 rings (SSSR count). The van der Waals surface area contributed by atoms with Gasteiger partial charge in [-0.2, -0.15) is 0 Å². The van der Waals surface area contributed by atoms with Crippen molar-refractivity contribution in [3.8, 4) is 0 Å². The van der Waals surface area contributed by atoms with E-state index in [4.69, 9.17) is 4.74 Å². The van der Waals surface area contributed by atoms with Crippen LogP contribution in [0.25, 0.3) is 0 Å². The maximum atomic E-state index is 14.5. The molecule has 2 fully saturated rings. The van der Waals surface area contributed by atoms with Gasteiger partial charge in [0.05, 0.1) is 6.04 Å². The Bertz CT molecular complexity index is 1520. The van der Waals surface area contributed by atoms with Crippen LogP contribution in [-0.4, -0.2) is 101 Å². The van der Waals surface area contributed by atoms with Crippen LogP contribution in [0.15, 0.2) is 54.9 Å². The van der Waals surface area contributed by atoms with E-state index in [2.05, 4.69) is 39.7 Å². The van der Waals surface area contributed by atoms with Crippen LogP contribution in [0.5, 0.6) is 0 Å². The van der Waals surface area contributed by atoms with Crippen LogP contribution < -0.4 is 16.0 Å². The molecule has 3 heterocycles. The van der Waals surface area contributed by atoms with E-state index in [0.717, 1.165) is 31.5 Å². The molecule has 2 unspecified atom stereocenters. The second kappa shape index (κ2) is 18.0. The number of benzene rings is 1. The lowest BCUT2D eigenvalue weighted by Gasteiger charge is -2.35. The van der Waals surface area contributed by atoms with Crippen molar-refractivity contribution in [2.75, 3.05) is 26.2 Å². The maximum absolute atomic E-state index is 14.5. The smallest absolute Gasteiger partial charge is 0.408 e. The molecule has 5 atom stereocenters. The number of nitrogens with zero attached hydrogens (tertiary/aromatic N) is 3. The first-order chi connectivity index (χ1) is 24.3. The van der Waals surface area contributed by atoms with Crippen molar-refractivity contribution < 1.29 is 33.5 Å². The van der Waals surface area contributed by atoms with Gasteiger partial charge in [0.2, 0.25) is 29.3 Å². The maximum Gasteiger partial charge on any atom is 0.408 e. The van der Waals surface area contributed by atoms with Crippen molar-refractivity contribution in [2.45, 2.75) is 97.5 Å². The van der Waals surface area contributed by atoms with E-state index < -0.39 is 58.9 Å². The van der Waals surface area contributed by atoms with Crippen molar-refractivity contribution in [1.82, 2.24) is 30.7 Å². The van der Waals surface area contributed by atoms with Crippen LogP contribution in [-0.2, 0) is 30.5 Å². The zero-order valence-electron chi connectivity index (χ0n) is 30.4. The highest BCUT2D eigenvalue weighted by molar-refractivity contribution is 6.45. The molecule has 51 heavy (non-hydrogen) atoms. The standard InChI is InChI=1S/C38H52N6O7/c1-6-19-43(20-7-2)28-22-30(44(23-28)36(49)33(38(3,4)5)42-37(50)51-24-25-13-16-39-17-14-25)35(48)41-29(21-27-15-18-40-34(27)47)32(46)31(45)26-11-9-8-10-12-26/h8-14,16-17,27-30,33H,6-7,15,18-24H2,1-5H3,(H,40,47)(H,41,48)(H,42,50)/t27?,28-,29?,30+,33-/m1/s1. The summed E-state index contributed by atoms with van der Waals surface area (Å²) in [6.45, 7) is 11.8. The van der Waals surface area contributed by atoms with E-state index in [1.54, 1.807) is 42.7 Å². The van der Waals surface area contributed by atoms with Crippen molar-refractivity contribution >= 4 is 35.4 Å². The second-order valence-corrected chi connectivity index (χ2v) is 14.4. The van der Waals surface area contributed by atoms with Gasteiger partial charge in [0.1, 0.15) is 18.7 Å². The largest absolute Gasteiger partial charge is 0.445 e. The van der Waals surface area contributed by atoms with Crippen LogP contribution in [0.1, 0.15) is 82.6 Å². The number of hydrogen-bond donors (Lipinski definition) is 3. The van der Waals surface area contributed by atoms with Crippen molar-refractivity contribution in [1.29, 1.82) is 0 Å². The number of aromatic nitrogens is 1. The molecule has 2 aliphatic rings. The average molecular weight is 705 g/mol. The molecule has 0 saturated carbocycles. The van der Waals surface area contributed by atoms with Gasteiger partial charge in [0.15, 0.2) is 0 Å². The number of carbonyl (C=O) groups excluding carboxylic acids is 6. The number of amides is 4. The van der Waals surface area contributed by atoms with Gasteiger partial charge < -0.3 is 25.6 Å². The third-order valence-corrected chi connectivity index (χ3v) is 9.47. The molecule has 13 nitrogen and oxygen atoms in total. The SMILES string of the molecule is CCCN(CCC)[C@@H]1C[C@@H](C(=O)NC(CC2CCNC2=O)C(=O)C(=O)c2ccccc2)N(C(=O)[C@@H](NC(=O)OCc2ccncc2)C(C)(C)C)C1. The number of hydrogen-bond acceptors (Lipinski definition) is 9. The van der Waals surface area contributed by atoms with E-state index in [9.17, 15) is 28.8 Å². The number of pyridine rings is 1. The summed E-state index contributed by atoms with van der Waals surface area (Å²) in [5.41, 5.74) is 0.143. The number of likely N-dealkylation sites (tertiary alicyclic amines) is 1. The number of nitrogens with one attached hydrogen (secondary N) is 3. The molecule has 1 aromatic carbocycles. The van der Waals surface area contributed by atoms with Crippen LogP contribution in [0, 0.1) is 11.3 Å². The number of Topliss-reactive ketones (excluding diaryl/α,β-unsaturated/α-hetero) is 2. The molecule has 276 valence electrons. The minimum Gasteiger partial charge on any atom is -0.445 e. The van der Waals surface area contributed by atoms with E-state index >= 15 is 0 Å². The molecule has 0 aliphatic carbocycles. The lowest BCUT2D eigenvalue weighted by Crippen LogP contribution is -2.59. The lowest BCUT2D eigenvalue weighted by molar-refractivity contribution is -0.142. The number of ether oxygens (including phenoxy) is 1. The Morgan fingerprint density at radius 2 is 1.67 bits per heavy atom. The van der Waals surface area contributed by atoms with Gasteiger partial charge in [-0.25, -0.2) is 4.79 Å². The molecule has 0 spiro atoms. The zero-order chi connectivity index (χ0) is 37.1. The zero-order valence-corrected chi connectivity index (χ0v) is 30.4. The molecule has 0 bridgehead atoms. The highest BCUT2D eigenvalue weighted by Crippen LogP contribution is 2.29. The minimum atomic E-state index is -1.28. The third kappa shape index (κ3) is 10.4. The van der Waals surface area contributed by atoms with Crippen molar-refractivity contribution in [3.05, 3.63) is 66.0 Å². The fourth-order valence-electron chi connectivity index (χ4n) is 6.77. The molecule has 2 aliphatic heterocycles. The predicted octanol–water partition coefficient (Wildman–Crippen LogP) is 3.28. The molecule has 2 aromatic rings. The van der Waals surface area contributed by atoms with E-state index in [1.165, 1.54) is 17.0 Å². The number of ketones is 2. The normalized spacial score (nSPS) is 20.0. The quantitative estimate of drug-likeness (QED) is 0.176. The summed E-state index contributed by atoms with van der Waals surface area (Å²) in [6.07, 6.45) is 4.85. The Hall–Kier alpha value is -4.65. The molecule has 13 heteroatoms. The molecule has 2 saturated heterocycles. The van der Waals surface area contributed by atoms with Crippen LogP contribution in [0.4, 0.5) is 4.79 Å². The summed E-state index contributed by atoms with van der Waals surface area (Å²) in [6, 6.07) is 8.02. The van der Waals surface area contributed by atoms with Crippen molar-refractivity contribution in [3.63, 3.8) is 0 Å². The lowest BCUT2D eigenvalue weighted by atomic mass is 9.85. The summed E-state index contributed by atoms with van der Waals surface area (Å²) in [5.74, 6) is -3.45. The van der Waals surface area contributed by atoms with Gasteiger partial charge in [-0.3, -0.25) is 33.9 Å². The van der Waals surface area contributed by atoms with Crippen molar-refractivity contribution in [2.24, 2.45) is 11.3 Å². The van der Waals surface area contributed by atoms with E-state index in [1.807, 2.05) is 20.8 Å². The molecule has 1 aromatic heterocycles. The first-order valence-electron chi connectivity index (χ1n) is 17.9. The third-order valence-electron chi connectivity index (χ3n) is 9.47. The first-order valence-corrected chi connectivity index (χ1v) is 17.9. The summed E-state index contributed by atoms with van der Waals surface area (Å²) in [5, 5.41) is 8.30. The van der Waals surface area contributed by atoms with Gasteiger partial charge >= 0.3 is 6.09 Å². The molecule has 0 radical (unpaired) electrons. The predicted molar refractivity (Wildman–Crippen MR) is 190 cm³/mol. The van der Waals surface area contributed by atoms with Crippen LogP contribution in [0.3, 0.4) is 0 Å². The molecule has 3 N–H and O–H groups in total. The first kappa shape index (κ1) is 39.1. The topological polar surface area (TPSA) is 167 Å². The van der Waals surface area contributed by atoms with Gasteiger partial charge in [-0.1, -0.05) is 65.0 Å². The van der Waals surface area contributed by atoms with Gasteiger partial charge in [-0.05, 0) is 68.3 Å². The Balaban J connectivity index is 1.61. The minimum absolute atomic E-state index is 0.0185. The Morgan fingerprint density at radius 1 is 1.00 bits per heavy atom. The van der Waals surface area contributed by atoms with Gasteiger partial charge in [0.25, 0.3) is 0 Å². The van der Waals surface area contributed by atoms with E-state index in [-0.39, 0.29) is 37.1 Å². The number of alkyl carbamates (subject to hydrolysis) is 1.